The molecule has 0 saturated carbocycles. The van der Waals surface area contributed by atoms with Gasteiger partial charge in [-0.25, -0.2) is 4.79 Å². The van der Waals surface area contributed by atoms with Crippen LogP contribution in [0.3, 0.4) is 0 Å². The molecule has 116 valence electrons. The van der Waals surface area contributed by atoms with Gasteiger partial charge in [0.05, 0.1) is 5.56 Å². The van der Waals surface area contributed by atoms with Crippen molar-refractivity contribution in [3.63, 3.8) is 0 Å². The largest absolute Gasteiger partial charge is 0.416 e. The number of hydrogen-bond donors (Lipinski definition) is 2. The monoisotopic (exact) mass is 301 g/mol. The van der Waals surface area contributed by atoms with E-state index in [1.54, 1.807) is 4.90 Å². The molecule has 2 atom stereocenters. The van der Waals surface area contributed by atoms with Crippen LogP contribution in [0.5, 0.6) is 0 Å². The number of nitrogens with one attached hydrogen (secondary N) is 1. The number of nitrogens with zero attached hydrogens (tertiary/aromatic N) is 1. The van der Waals surface area contributed by atoms with E-state index < -0.39 is 11.7 Å². The molecule has 2 amide bonds. The van der Waals surface area contributed by atoms with Crippen LogP contribution in [-0.4, -0.2) is 29.6 Å². The zero-order valence-electron chi connectivity index (χ0n) is 11.7. The molecule has 2 unspecified atom stereocenters. The highest BCUT2D eigenvalue weighted by molar-refractivity contribution is 5.89. The summed E-state index contributed by atoms with van der Waals surface area (Å²) in [5.41, 5.74) is 5.44. The highest BCUT2D eigenvalue weighted by Gasteiger charge is 2.30. The molecule has 1 aliphatic heterocycles. The molecule has 0 radical (unpaired) electrons. The molecular formula is C14H18F3N3O. The molecule has 0 aromatic heterocycles. The summed E-state index contributed by atoms with van der Waals surface area (Å²) in [7, 11) is 0. The van der Waals surface area contributed by atoms with Crippen molar-refractivity contribution in [2.75, 3.05) is 11.9 Å². The van der Waals surface area contributed by atoms with Crippen LogP contribution >= 0.6 is 0 Å². The number of carbonyl (C=O) groups is 1. The Hall–Kier alpha value is -1.76. The van der Waals surface area contributed by atoms with E-state index >= 15 is 0 Å². The Balaban J connectivity index is 2.00. The lowest BCUT2D eigenvalue weighted by atomic mass is 10.00. The summed E-state index contributed by atoms with van der Waals surface area (Å²) in [6.45, 7) is 2.46. The number of nitrogens with two attached hydrogens (primary N) is 1. The van der Waals surface area contributed by atoms with Crippen molar-refractivity contribution >= 4 is 11.7 Å². The van der Waals surface area contributed by atoms with E-state index in [4.69, 9.17) is 5.73 Å². The summed E-state index contributed by atoms with van der Waals surface area (Å²) in [5, 5.41) is 2.61. The average Bonchev–Trinajstić information content (AvgIpc) is 2.38. The molecule has 1 heterocycles. The summed E-state index contributed by atoms with van der Waals surface area (Å²) in [5.74, 6) is 0. The van der Waals surface area contributed by atoms with E-state index in [0.717, 1.165) is 25.0 Å². The Kier molecular flexibility index (Phi) is 4.41. The molecule has 1 aromatic rings. The topological polar surface area (TPSA) is 58.4 Å². The number of hydrogen-bond acceptors (Lipinski definition) is 2. The Morgan fingerprint density at radius 3 is 2.48 bits per heavy atom. The van der Waals surface area contributed by atoms with Gasteiger partial charge in [-0.05, 0) is 44.0 Å². The molecule has 1 aromatic carbocycles. The Morgan fingerprint density at radius 2 is 1.95 bits per heavy atom. The minimum absolute atomic E-state index is 0.0169. The standard InChI is InChI=1S/C14H18F3N3O/c1-9-8-11(18)6-7-20(9)13(21)19-12-4-2-10(3-5-12)14(15,16)17/h2-5,9,11H,6-8,18H2,1H3,(H,19,21). The number of halogens is 3. The highest BCUT2D eigenvalue weighted by Crippen LogP contribution is 2.30. The first-order chi connectivity index (χ1) is 9.77. The first-order valence-electron chi connectivity index (χ1n) is 6.78. The lowest BCUT2D eigenvalue weighted by Gasteiger charge is -2.36. The molecule has 1 fully saturated rings. The number of piperidine rings is 1. The lowest BCUT2D eigenvalue weighted by molar-refractivity contribution is -0.137. The van der Waals surface area contributed by atoms with Gasteiger partial charge in [-0.2, -0.15) is 13.2 Å². The second kappa shape index (κ2) is 5.93. The maximum atomic E-state index is 12.5. The van der Waals surface area contributed by atoms with Crippen molar-refractivity contribution < 1.29 is 18.0 Å². The summed E-state index contributed by atoms with van der Waals surface area (Å²) >= 11 is 0. The third-order valence-electron chi connectivity index (χ3n) is 3.64. The van der Waals surface area contributed by atoms with Gasteiger partial charge < -0.3 is 16.0 Å². The Bertz CT molecular complexity index is 501. The Labute approximate surface area is 121 Å². The van der Waals surface area contributed by atoms with Crippen molar-refractivity contribution in [3.05, 3.63) is 29.8 Å². The summed E-state index contributed by atoms with van der Waals surface area (Å²) < 4.78 is 37.4. The Morgan fingerprint density at radius 1 is 1.33 bits per heavy atom. The van der Waals surface area contributed by atoms with E-state index in [0.29, 0.717) is 12.2 Å². The van der Waals surface area contributed by atoms with E-state index in [1.807, 2.05) is 6.92 Å². The fourth-order valence-electron chi connectivity index (χ4n) is 2.45. The van der Waals surface area contributed by atoms with Crippen LogP contribution in [0.25, 0.3) is 0 Å². The van der Waals surface area contributed by atoms with Gasteiger partial charge in [0, 0.05) is 24.3 Å². The van der Waals surface area contributed by atoms with Gasteiger partial charge >= 0.3 is 12.2 Å². The average molecular weight is 301 g/mol. The second-order valence-corrected chi connectivity index (χ2v) is 5.33. The number of benzene rings is 1. The smallest absolute Gasteiger partial charge is 0.328 e. The minimum Gasteiger partial charge on any atom is -0.328 e. The number of carbonyl (C=O) groups excluding carboxylic acids is 1. The SMILES string of the molecule is CC1CC(N)CCN1C(=O)Nc1ccc(C(F)(F)F)cc1. The van der Waals surface area contributed by atoms with Crippen LogP contribution in [0, 0.1) is 0 Å². The predicted octanol–water partition coefficient (Wildman–Crippen LogP) is 3.05. The molecule has 21 heavy (non-hydrogen) atoms. The fourth-order valence-corrected chi connectivity index (χ4v) is 2.45. The molecule has 2 rings (SSSR count). The van der Waals surface area contributed by atoms with Crippen molar-refractivity contribution in [2.45, 2.75) is 38.0 Å². The van der Waals surface area contributed by atoms with E-state index in [1.165, 1.54) is 12.1 Å². The maximum Gasteiger partial charge on any atom is 0.416 e. The molecule has 1 aliphatic rings. The van der Waals surface area contributed by atoms with E-state index in [2.05, 4.69) is 5.32 Å². The normalized spacial score (nSPS) is 23.0. The zero-order chi connectivity index (χ0) is 15.6. The fraction of sp³-hybridized carbons (Fsp3) is 0.500. The maximum absolute atomic E-state index is 12.5. The van der Waals surface area contributed by atoms with E-state index in [-0.39, 0.29) is 18.1 Å². The van der Waals surface area contributed by atoms with Gasteiger partial charge in [0.15, 0.2) is 0 Å². The van der Waals surface area contributed by atoms with Crippen LogP contribution in [0.15, 0.2) is 24.3 Å². The molecule has 7 heteroatoms. The second-order valence-electron chi connectivity index (χ2n) is 5.33. The van der Waals surface area contributed by atoms with Gasteiger partial charge in [-0.1, -0.05) is 0 Å². The number of rotatable bonds is 1. The number of urea groups is 1. The number of anilines is 1. The first kappa shape index (κ1) is 15.6. The van der Waals surface area contributed by atoms with E-state index in [9.17, 15) is 18.0 Å². The van der Waals surface area contributed by atoms with Gasteiger partial charge in [-0.15, -0.1) is 0 Å². The van der Waals surface area contributed by atoms with Crippen molar-refractivity contribution in [1.29, 1.82) is 0 Å². The quantitative estimate of drug-likeness (QED) is 0.837. The molecule has 0 bridgehead atoms. The summed E-state index contributed by atoms with van der Waals surface area (Å²) in [4.78, 5) is 13.8. The first-order valence-corrected chi connectivity index (χ1v) is 6.78. The molecule has 0 spiro atoms. The number of likely N-dealkylation sites (tertiary alicyclic amines) is 1. The van der Waals surface area contributed by atoms with Crippen molar-refractivity contribution in [3.8, 4) is 0 Å². The van der Waals surface area contributed by atoms with Gasteiger partial charge in [0.1, 0.15) is 0 Å². The van der Waals surface area contributed by atoms with Crippen LogP contribution in [0.4, 0.5) is 23.7 Å². The molecular weight excluding hydrogens is 283 g/mol. The zero-order valence-corrected chi connectivity index (χ0v) is 11.7. The predicted molar refractivity (Wildman–Crippen MR) is 73.8 cm³/mol. The minimum atomic E-state index is -4.37. The van der Waals surface area contributed by atoms with Crippen LogP contribution in [0.2, 0.25) is 0 Å². The molecule has 4 nitrogen and oxygen atoms in total. The summed E-state index contributed by atoms with van der Waals surface area (Å²) in [6.07, 6.45) is -2.93. The van der Waals surface area contributed by atoms with Crippen LogP contribution in [0.1, 0.15) is 25.3 Å². The molecule has 1 saturated heterocycles. The van der Waals surface area contributed by atoms with Gasteiger partial charge in [-0.3, -0.25) is 0 Å². The van der Waals surface area contributed by atoms with Gasteiger partial charge in [0.2, 0.25) is 0 Å². The van der Waals surface area contributed by atoms with Crippen molar-refractivity contribution in [1.82, 2.24) is 4.90 Å². The lowest BCUT2D eigenvalue weighted by Crippen LogP contribution is -2.49. The number of alkyl halides is 3. The van der Waals surface area contributed by atoms with Gasteiger partial charge in [0.25, 0.3) is 0 Å². The third kappa shape index (κ3) is 3.87. The van der Waals surface area contributed by atoms with Crippen LogP contribution < -0.4 is 11.1 Å². The highest BCUT2D eigenvalue weighted by atomic mass is 19.4. The number of amides is 2. The summed E-state index contributed by atoms with van der Waals surface area (Å²) in [6, 6.07) is 4.20. The van der Waals surface area contributed by atoms with Crippen molar-refractivity contribution in [2.24, 2.45) is 5.73 Å². The molecule has 0 aliphatic carbocycles. The van der Waals surface area contributed by atoms with Crippen LogP contribution in [-0.2, 0) is 6.18 Å². The third-order valence-corrected chi connectivity index (χ3v) is 3.64. The molecule has 3 N–H and O–H groups in total.